The van der Waals surface area contributed by atoms with Gasteiger partial charge in [0.05, 0.1) is 6.42 Å². The van der Waals surface area contributed by atoms with Gasteiger partial charge in [-0.3, -0.25) is 9.59 Å². The summed E-state index contributed by atoms with van der Waals surface area (Å²) < 4.78 is 0. The second kappa shape index (κ2) is 6.83. The van der Waals surface area contributed by atoms with Crippen LogP contribution in [-0.2, 0) is 4.79 Å². The second-order valence-corrected chi connectivity index (χ2v) is 4.75. The van der Waals surface area contributed by atoms with Crippen molar-refractivity contribution in [3.05, 3.63) is 76.8 Å². The molecular weight excluding hydrogens is 272 g/mol. The lowest BCUT2D eigenvalue weighted by Gasteiger charge is -1.98. The molecule has 0 atom stereocenters. The highest BCUT2D eigenvalue weighted by Crippen LogP contribution is 2.11. The van der Waals surface area contributed by atoms with E-state index in [9.17, 15) is 9.59 Å². The van der Waals surface area contributed by atoms with E-state index in [0.29, 0.717) is 10.6 Å². The number of hydrogen-bond donors (Lipinski definition) is 0. The van der Waals surface area contributed by atoms with Gasteiger partial charge in [0.2, 0.25) is 0 Å². The van der Waals surface area contributed by atoms with Gasteiger partial charge in [0.1, 0.15) is 0 Å². The molecule has 0 N–H and O–H groups in total. The number of Topliss-reactive ketones (excluding diaryl/α,β-unsaturated/α-hetero) is 1. The Kier molecular flexibility index (Phi) is 4.85. The maximum atomic E-state index is 11.9. The van der Waals surface area contributed by atoms with Crippen LogP contribution >= 0.6 is 11.6 Å². The van der Waals surface area contributed by atoms with Crippen LogP contribution in [0.15, 0.2) is 60.7 Å². The fourth-order valence-electron chi connectivity index (χ4n) is 1.71. The van der Waals surface area contributed by atoms with E-state index in [1.165, 1.54) is 6.08 Å². The summed E-state index contributed by atoms with van der Waals surface area (Å²) in [6, 6.07) is 16.0. The van der Waals surface area contributed by atoms with Crippen LogP contribution in [0.3, 0.4) is 0 Å². The van der Waals surface area contributed by atoms with Crippen molar-refractivity contribution < 1.29 is 9.59 Å². The van der Waals surface area contributed by atoms with Gasteiger partial charge in [-0.25, -0.2) is 0 Å². The molecule has 0 saturated carbocycles. The van der Waals surface area contributed by atoms with Gasteiger partial charge in [-0.05, 0) is 35.9 Å². The molecule has 0 aliphatic carbocycles. The van der Waals surface area contributed by atoms with Crippen molar-refractivity contribution in [2.45, 2.75) is 6.42 Å². The van der Waals surface area contributed by atoms with Gasteiger partial charge in [-0.15, -0.1) is 0 Å². The number of halogens is 1. The highest BCUT2D eigenvalue weighted by molar-refractivity contribution is 6.30. The summed E-state index contributed by atoms with van der Waals surface area (Å²) in [6.07, 6.45) is 3.01. The molecule has 2 aromatic carbocycles. The minimum atomic E-state index is -0.214. The fourth-order valence-corrected chi connectivity index (χ4v) is 1.83. The third-order valence-electron chi connectivity index (χ3n) is 2.76. The molecule has 2 nitrogen and oxygen atoms in total. The van der Waals surface area contributed by atoms with Crippen molar-refractivity contribution in [3.63, 3.8) is 0 Å². The number of hydrogen-bond acceptors (Lipinski definition) is 2. The highest BCUT2D eigenvalue weighted by atomic mass is 35.5. The Morgan fingerprint density at radius 1 is 0.950 bits per heavy atom. The molecule has 20 heavy (non-hydrogen) atoms. The van der Waals surface area contributed by atoms with Crippen molar-refractivity contribution >= 4 is 29.2 Å². The number of carbonyl (C=O) groups is 2. The third kappa shape index (κ3) is 4.18. The summed E-state index contributed by atoms with van der Waals surface area (Å²) in [5.41, 5.74) is 1.43. The van der Waals surface area contributed by atoms with Gasteiger partial charge in [-0.1, -0.05) is 48.0 Å². The predicted octanol–water partition coefficient (Wildman–Crippen LogP) is 4.20. The van der Waals surface area contributed by atoms with Crippen molar-refractivity contribution in [1.29, 1.82) is 0 Å². The number of allylic oxidation sites excluding steroid dienone is 1. The van der Waals surface area contributed by atoms with Crippen LogP contribution in [0.5, 0.6) is 0 Å². The van der Waals surface area contributed by atoms with E-state index in [4.69, 9.17) is 11.6 Å². The maximum absolute atomic E-state index is 11.9. The van der Waals surface area contributed by atoms with E-state index in [1.807, 2.05) is 30.3 Å². The molecule has 0 bridgehead atoms. The molecule has 0 aromatic heterocycles. The summed E-state index contributed by atoms with van der Waals surface area (Å²) in [7, 11) is 0. The van der Waals surface area contributed by atoms with Crippen LogP contribution in [0.2, 0.25) is 5.02 Å². The van der Waals surface area contributed by atoms with Crippen LogP contribution in [0.1, 0.15) is 22.3 Å². The third-order valence-corrected chi connectivity index (χ3v) is 3.01. The number of carbonyl (C=O) groups excluding carboxylic acids is 2. The molecule has 0 aliphatic heterocycles. The highest BCUT2D eigenvalue weighted by Gasteiger charge is 2.09. The smallest absolute Gasteiger partial charge is 0.170 e. The quantitative estimate of drug-likeness (QED) is 0.468. The van der Waals surface area contributed by atoms with Gasteiger partial charge in [-0.2, -0.15) is 0 Å². The Morgan fingerprint density at radius 2 is 1.60 bits per heavy atom. The summed E-state index contributed by atoms with van der Waals surface area (Å²) >= 11 is 5.75. The van der Waals surface area contributed by atoms with E-state index in [-0.39, 0.29) is 18.0 Å². The lowest BCUT2D eigenvalue weighted by molar-refractivity contribution is -0.113. The van der Waals surface area contributed by atoms with Crippen LogP contribution < -0.4 is 0 Å². The minimum absolute atomic E-state index is 0.134. The van der Waals surface area contributed by atoms with Crippen molar-refractivity contribution in [1.82, 2.24) is 0 Å². The molecule has 2 aromatic rings. The lowest BCUT2D eigenvalue weighted by atomic mass is 10.1. The number of ketones is 2. The van der Waals surface area contributed by atoms with E-state index in [0.717, 1.165) is 5.56 Å². The summed E-state index contributed by atoms with van der Waals surface area (Å²) in [5, 5.41) is 0.567. The Hall–Kier alpha value is -2.19. The molecule has 0 aliphatic rings. The monoisotopic (exact) mass is 284 g/mol. The van der Waals surface area contributed by atoms with Crippen LogP contribution in [0.25, 0.3) is 6.08 Å². The summed E-state index contributed by atoms with van der Waals surface area (Å²) in [4.78, 5) is 23.6. The van der Waals surface area contributed by atoms with Crippen molar-refractivity contribution in [2.24, 2.45) is 0 Å². The molecule has 0 amide bonds. The van der Waals surface area contributed by atoms with E-state index >= 15 is 0 Å². The maximum Gasteiger partial charge on any atom is 0.170 e. The second-order valence-electron chi connectivity index (χ2n) is 4.32. The summed E-state index contributed by atoms with van der Waals surface area (Å²) in [6.45, 7) is 0. The number of rotatable bonds is 5. The molecular formula is C17H13ClO2. The first-order valence-corrected chi connectivity index (χ1v) is 6.58. The lowest BCUT2D eigenvalue weighted by Crippen LogP contribution is -2.05. The molecule has 0 saturated heterocycles. The normalized spacial score (nSPS) is 10.7. The Balaban J connectivity index is 1.96. The average molecular weight is 285 g/mol. The standard InChI is InChI=1S/C17H13ClO2/c18-15-9-7-14(8-10-15)17(20)12-16(19)11-6-13-4-2-1-3-5-13/h1-11H,12H2/b11-6+. The zero-order chi connectivity index (χ0) is 14.4. The molecule has 0 radical (unpaired) electrons. The zero-order valence-electron chi connectivity index (χ0n) is 10.8. The average Bonchev–Trinajstić information content (AvgIpc) is 2.47. The molecule has 0 spiro atoms. The number of benzene rings is 2. The molecule has 100 valence electrons. The molecule has 2 rings (SSSR count). The first-order valence-electron chi connectivity index (χ1n) is 6.20. The molecule has 0 heterocycles. The van der Waals surface area contributed by atoms with Crippen LogP contribution in [0.4, 0.5) is 0 Å². The molecule has 0 unspecified atom stereocenters. The predicted molar refractivity (Wildman–Crippen MR) is 80.9 cm³/mol. The zero-order valence-corrected chi connectivity index (χ0v) is 11.5. The van der Waals surface area contributed by atoms with Gasteiger partial charge in [0.15, 0.2) is 11.6 Å². The topological polar surface area (TPSA) is 34.1 Å². The molecule has 0 fully saturated rings. The minimum Gasteiger partial charge on any atom is -0.294 e. The first kappa shape index (κ1) is 14.2. The molecule has 3 heteroatoms. The van der Waals surface area contributed by atoms with Gasteiger partial charge in [0.25, 0.3) is 0 Å². The first-order chi connectivity index (χ1) is 9.65. The Morgan fingerprint density at radius 3 is 2.25 bits per heavy atom. The van der Waals surface area contributed by atoms with Crippen LogP contribution in [0, 0.1) is 0 Å². The Bertz CT molecular complexity index is 628. The van der Waals surface area contributed by atoms with Gasteiger partial charge < -0.3 is 0 Å². The van der Waals surface area contributed by atoms with Gasteiger partial charge in [0, 0.05) is 10.6 Å². The SMILES string of the molecule is O=C(/C=C/c1ccccc1)CC(=O)c1ccc(Cl)cc1. The van der Waals surface area contributed by atoms with E-state index in [1.54, 1.807) is 30.3 Å². The van der Waals surface area contributed by atoms with Crippen molar-refractivity contribution in [2.75, 3.05) is 0 Å². The fraction of sp³-hybridized carbons (Fsp3) is 0.0588. The summed E-state index contributed by atoms with van der Waals surface area (Å²) in [5.74, 6) is -0.418. The van der Waals surface area contributed by atoms with Crippen molar-refractivity contribution in [3.8, 4) is 0 Å². The van der Waals surface area contributed by atoms with Crippen LogP contribution in [-0.4, -0.2) is 11.6 Å². The van der Waals surface area contributed by atoms with E-state index < -0.39 is 0 Å². The largest absolute Gasteiger partial charge is 0.294 e. The van der Waals surface area contributed by atoms with Gasteiger partial charge >= 0.3 is 0 Å². The Labute approximate surface area is 122 Å². The van der Waals surface area contributed by atoms with E-state index in [2.05, 4.69) is 0 Å².